The molecule has 2 rings (SSSR count). The van der Waals surface area contributed by atoms with Gasteiger partial charge >= 0.3 is 0 Å². The number of benzene rings is 2. The minimum absolute atomic E-state index is 0.294. The predicted molar refractivity (Wildman–Crippen MR) is 88.3 cm³/mol. The van der Waals surface area contributed by atoms with E-state index >= 15 is 0 Å². The molecular weight excluding hydrogens is 352 g/mol. The third-order valence-corrected chi connectivity index (χ3v) is 5.61. The van der Waals surface area contributed by atoms with Crippen molar-refractivity contribution in [1.29, 1.82) is 0 Å². The molecule has 2 aromatic rings. The van der Waals surface area contributed by atoms with Crippen LogP contribution in [0, 0.1) is 0 Å². The van der Waals surface area contributed by atoms with Crippen LogP contribution < -0.4 is 5.73 Å². The minimum atomic E-state index is -3.49. The van der Waals surface area contributed by atoms with E-state index in [1.54, 1.807) is 36.4 Å². The molecule has 0 aliphatic rings. The molecule has 112 valence electrons. The first-order chi connectivity index (χ1) is 9.93. The van der Waals surface area contributed by atoms with Gasteiger partial charge in [-0.25, -0.2) is 8.42 Å². The highest BCUT2D eigenvalue weighted by Gasteiger charge is 2.22. The summed E-state index contributed by atoms with van der Waals surface area (Å²) in [6.07, 6.45) is 0. The summed E-state index contributed by atoms with van der Waals surface area (Å²) in [5, 5.41) is 0. The lowest BCUT2D eigenvalue weighted by atomic mass is 10.2. The first-order valence-electron chi connectivity index (χ1n) is 6.53. The Bertz CT molecular complexity index is 697. The SMILES string of the molecule is CCN(Cc1ccc(N)cc1)S(=O)(=O)c1ccc(Br)cc1. The van der Waals surface area contributed by atoms with Crippen LogP contribution in [0.2, 0.25) is 0 Å². The number of rotatable bonds is 5. The highest BCUT2D eigenvalue weighted by molar-refractivity contribution is 9.10. The van der Waals surface area contributed by atoms with Crippen molar-refractivity contribution >= 4 is 31.6 Å². The normalized spacial score (nSPS) is 11.8. The molecule has 0 aliphatic carbocycles. The molecule has 0 saturated heterocycles. The van der Waals surface area contributed by atoms with E-state index in [0.29, 0.717) is 23.7 Å². The summed E-state index contributed by atoms with van der Waals surface area (Å²) in [4.78, 5) is 0.294. The van der Waals surface area contributed by atoms with Gasteiger partial charge in [-0.2, -0.15) is 4.31 Å². The van der Waals surface area contributed by atoms with Crippen LogP contribution in [0.3, 0.4) is 0 Å². The van der Waals surface area contributed by atoms with Gasteiger partial charge in [0, 0.05) is 23.2 Å². The van der Waals surface area contributed by atoms with Crippen LogP contribution in [-0.4, -0.2) is 19.3 Å². The Morgan fingerprint density at radius 2 is 1.62 bits per heavy atom. The predicted octanol–water partition coefficient (Wildman–Crippen LogP) is 3.24. The zero-order valence-corrected chi connectivity index (χ0v) is 14.1. The number of nitrogen functional groups attached to an aromatic ring is 1. The lowest BCUT2D eigenvalue weighted by molar-refractivity contribution is 0.423. The number of hydrogen-bond donors (Lipinski definition) is 1. The first-order valence-corrected chi connectivity index (χ1v) is 8.77. The second-order valence-corrected chi connectivity index (χ2v) is 7.48. The second kappa shape index (κ2) is 6.60. The summed E-state index contributed by atoms with van der Waals surface area (Å²) >= 11 is 3.31. The standard InChI is InChI=1S/C15H17BrN2O2S/c1-2-18(11-12-3-7-14(17)8-4-12)21(19,20)15-9-5-13(16)6-10-15/h3-10H,2,11,17H2,1H3. The van der Waals surface area contributed by atoms with Gasteiger partial charge in [0.15, 0.2) is 0 Å². The number of nitrogens with zero attached hydrogens (tertiary/aromatic N) is 1. The Kier molecular flexibility index (Phi) is 5.03. The molecule has 0 amide bonds. The van der Waals surface area contributed by atoms with Gasteiger partial charge in [-0.3, -0.25) is 0 Å². The van der Waals surface area contributed by atoms with Gasteiger partial charge < -0.3 is 5.73 Å². The van der Waals surface area contributed by atoms with Gasteiger partial charge in [0.2, 0.25) is 10.0 Å². The first kappa shape index (κ1) is 16.0. The Morgan fingerprint density at radius 1 is 1.05 bits per heavy atom. The molecule has 0 spiro atoms. The van der Waals surface area contributed by atoms with E-state index in [1.807, 2.05) is 19.1 Å². The molecule has 2 N–H and O–H groups in total. The fourth-order valence-corrected chi connectivity index (χ4v) is 3.65. The number of sulfonamides is 1. The Labute approximate surface area is 133 Å². The lowest BCUT2D eigenvalue weighted by Gasteiger charge is -2.20. The Balaban J connectivity index is 2.27. The molecule has 0 heterocycles. The summed E-state index contributed by atoms with van der Waals surface area (Å²) in [6.45, 7) is 2.56. The van der Waals surface area contributed by atoms with E-state index in [0.717, 1.165) is 10.0 Å². The molecule has 0 fully saturated rings. The number of anilines is 1. The molecule has 0 atom stereocenters. The monoisotopic (exact) mass is 368 g/mol. The van der Waals surface area contributed by atoms with Gasteiger partial charge in [0.05, 0.1) is 4.90 Å². The number of nitrogens with two attached hydrogens (primary N) is 1. The topological polar surface area (TPSA) is 63.4 Å². The summed E-state index contributed by atoms with van der Waals surface area (Å²) in [6, 6.07) is 13.9. The molecule has 6 heteroatoms. The van der Waals surface area contributed by atoms with Crippen molar-refractivity contribution in [3.05, 3.63) is 58.6 Å². The maximum atomic E-state index is 12.6. The average Bonchev–Trinajstić information content (AvgIpc) is 2.47. The van der Waals surface area contributed by atoms with E-state index in [-0.39, 0.29) is 0 Å². The molecule has 0 saturated carbocycles. The van der Waals surface area contributed by atoms with Crippen LogP contribution in [0.25, 0.3) is 0 Å². The van der Waals surface area contributed by atoms with Crippen molar-refractivity contribution < 1.29 is 8.42 Å². The summed E-state index contributed by atoms with van der Waals surface area (Å²) in [5.74, 6) is 0. The molecular formula is C15H17BrN2O2S. The van der Waals surface area contributed by atoms with Crippen molar-refractivity contribution in [3.8, 4) is 0 Å². The van der Waals surface area contributed by atoms with E-state index in [9.17, 15) is 8.42 Å². The molecule has 0 unspecified atom stereocenters. The van der Waals surface area contributed by atoms with Gasteiger partial charge in [-0.05, 0) is 42.0 Å². The van der Waals surface area contributed by atoms with E-state index < -0.39 is 10.0 Å². The van der Waals surface area contributed by atoms with Crippen molar-refractivity contribution in [2.45, 2.75) is 18.4 Å². The number of hydrogen-bond acceptors (Lipinski definition) is 3. The van der Waals surface area contributed by atoms with Gasteiger partial charge in [0.1, 0.15) is 0 Å². The van der Waals surface area contributed by atoms with E-state index in [4.69, 9.17) is 5.73 Å². The van der Waals surface area contributed by atoms with Crippen LogP contribution >= 0.6 is 15.9 Å². The quantitative estimate of drug-likeness (QED) is 0.823. The van der Waals surface area contributed by atoms with E-state index in [1.165, 1.54) is 4.31 Å². The van der Waals surface area contributed by atoms with Crippen LogP contribution in [-0.2, 0) is 16.6 Å². The molecule has 0 bridgehead atoms. The highest BCUT2D eigenvalue weighted by Crippen LogP contribution is 2.20. The highest BCUT2D eigenvalue weighted by atomic mass is 79.9. The molecule has 0 aliphatic heterocycles. The molecule has 21 heavy (non-hydrogen) atoms. The fourth-order valence-electron chi connectivity index (χ4n) is 1.95. The molecule has 0 aromatic heterocycles. The zero-order valence-electron chi connectivity index (χ0n) is 11.7. The molecule has 4 nitrogen and oxygen atoms in total. The molecule has 2 aromatic carbocycles. The number of halogens is 1. The van der Waals surface area contributed by atoms with Crippen LogP contribution in [0.4, 0.5) is 5.69 Å². The molecule has 0 radical (unpaired) electrons. The largest absolute Gasteiger partial charge is 0.399 e. The van der Waals surface area contributed by atoms with Crippen LogP contribution in [0.15, 0.2) is 57.9 Å². The van der Waals surface area contributed by atoms with Crippen molar-refractivity contribution in [1.82, 2.24) is 4.31 Å². The lowest BCUT2D eigenvalue weighted by Crippen LogP contribution is -2.30. The van der Waals surface area contributed by atoms with Gasteiger partial charge in [0.25, 0.3) is 0 Å². The third kappa shape index (κ3) is 3.84. The summed E-state index contributed by atoms with van der Waals surface area (Å²) in [7, 11) is -3.49. The Hall–Kier alpha value is -1.37. The van der Waals surface area contributed by atoms with Crippen LogP contribution in [0.1, 0.15) is 12.5 Å². The zero-order chi connectivity index (χ0) is 15.5. The van der Waals surface area contributed by atoms with Crippen LogP contribution in [0.5, 0.6) is 0 Å². The van der Waals surface area contributed by atoms with E-state index in [2.05, 4.69) is 15.9 Å². The fraction of sp³-hybridized carbons (Fsp3) is 0.200. The van der Waals surface area contributed by atoms with Crippen molar-refractivity contribution in [2.75, 3.05) is 12.3 Å². The third-order valence-electron chi connectivity index (χ3n) is 3.14. The minimum Gasteiger partial charge on any atom is -0.399 e. The maximum absolute atomic E-state index is 12.6. The summed E-state index contributed by atoms with van der Waals surface area (Å²) in [5.41, 5.74) is 7.22. The smallest absolute Gasteiger partial charge is 0.243 e. The average molecular weight is 369 g/mol. The van der Waals surface area contributed by atoms with Crippen molar-refractivity contribution in [3.63, 3.8) is 0 Å². The van der Waals surface area contributed by atoms with Gasteiger partial charge in [-0.15, -0.1) is 0 Å². The summed E-state index contributed by atoms with van der Waals surface area (Å²) < 4.78 is 27.6. The Morgan fingerprint density at radius 3 is 2.14 bits per heavy atom. The second-order valence-electron chi connectivity index (χ2n) is 4.63. The van der Waals surface area contributed by atoms with Gasteiger partial charge in [-0.1, -0.05) is 35.0 Å². The van der Waals surface area contributed by atoms with Crippen molar-refractivity contribution in [2.24, 2.45) is 0 Å². The maximum Gasteiger partial charge on any atom is 0.243 e.